The Morgan fingerprint density at radius 1 is 0.536 bits per heavy atom. The Morgan fingerprint density at radius 2 is 1.13 bits per heavy atom. The predicted octanol–water partition coefficient (Wildman–Crippen LogP) is 15.5. The zero-order valence-electron chi connectivity index (χ0n) is 47.4. The van der Waals surface area contributed by atoms with Crippen molar-refractivity contribution in [3.8, 4) is 56.6 Å². The molecular formula is C63H45N5O. The van der Waals surface area contributed by atoms with Crippen molar-refractivity contribution >= 4 is 54.6 Å². The summed E-state index contributed by atoms with van der Waals surface area (Å²) in [4.78, 5) is 4.97. The van der Waals surface area contributed by atoms with Crippen LogP contribution in [0.3, 0.4) is 0 Å². The number of hydrogen-bond donors (Lipinski definition) is 0. The minimum Gasteiger partial charge on any atom is -0.458 e. The van der Waals surface area contributed by atoms with Gasteiger partial charge in [0.15, 0.2) is 0 Å². The van der Waals surface area contributed by atoms with Gasteiger partial charge in [-0.3, -0.25) is 13.7 Å². The molecule has 0 bridgehead atoms. The molecule has 4 heterocycles. The van der Waals surface area contributed by atoms with Crippen LogP contribution in [0, 0.1) is 6.33 Å². The number of benzene rings is 9. The first-order valence-electron chi connectivity index (χ1n) is 27.7. The molecular weight excluding hydrogens is 843 g/mol. The molecule has 0 saturated heterocycles. The van der Waals surface area contributed by atoms with Crippen LogP contribution in [0.25, 0.3) is 99.8 Å². The van der Waals surface area contributed by atoms with Crippen LogP contribution >= 0.6 is 0 Å². The zero-order chi connectivity index (χ0) is 54.7. The highest BCUT2D eigenvalue weighted by atomic mass is 16.5. The highest BCUT2D eigenvalue weighted by Crippen LogP contribution is 2.43. The van der Waals surface area contributed by atoms with Crippen molar-refractivity contribution < 1.29 is 23.0 Å². The number of ether oxygens (including phenoxy) is 1. The molecule has 0 aliphatic carbocycles. The van der Waals surface area contributed by atoms with Crippen LogP contribution in [0.1, 0.15) is 39.0 Å². The fourth-order valence-electron chi connectivity index (χ4n) is 9.83. The van der Waals surface area contributed by atoms with E-state index in [0.29, 0.717) is 28.2 Å². The number of nitrogens with zero attached hydrogens (tertiary/aromatic N) is 5. The van der Waals surface area contributed by atoms with Crippen molar-refractivity contribution in [3.63, 3.8) is 0 Å². The van der Waals surface area contributed by atoms with Crippen molar-refractivity contribution in [2.45, 2.75) is 19.8 Å². The van der Waals surface area contributed by atoms with Crippen molar-refractivity contribution in [1.29, 1.82) is 0 Å². The first-order valence-corrected chi connectivity index (χ1v) is 22.7. The first kappa shape index (κ1) is 31.1. The molecule has 9 aromatic carbocycles. The Labute approximate surface area is 413 Å². The number of pyridine rings is 1. The third kappa shape index (κ3) is 6.71. The van der Waals surface area contributed by atoms with Crippen LogP contribution < -0.4 is 9.30 Å². The van der Waals surface area contributed by atoms with Crippen LogP contribution in [0.2, 0.25) is 0 Å². The fraction of sp³-hybridized carbons (Fsp3) is 0.0476. The number of rotatable bonds is 9. The Bertz CT molecular complexity index is 4510. The van der Waals surface area contributed by atoms with Gasteiger partial charge in [0.05, 0.1) is 63.9 Å². The quantitative estimate of drug-likeness (QED) is 0.107. The standard InChI is InChI=1S/C63H45N5O/c1-42(2)45-35-36-64-61(37-45)68-56-32-14-11-27-53(56)62-59(67-54-30-12-9-25-51(54)52-26-10-13-31-55(52)67)39-48(40-60(62)68)69-47-24-17-23-46(38-47)65-41-66(58-34-16-15-33-57(58)65)63-49(43-19-5-3-6-20-43)28-18-29-50(63)44-21-7-4-8-22-44/h3-40,42H,1-2H3/i3D,4D,5D,6D,7D,8D,19D,20D,21D,22D. The maximum absolute atomic E-state index is 9.11. The average Bonchev–Trinajstić information content (AvgIpc) is 4.37. The summed E-state index contributed by atoms with van der Waals surface area (Å²) >= 11 is 0. The molecule has 0 saturated carbocycles. The molecule has 6 nitrogen and oxygen atoms in total. The zero-order valence-corrected chi connectivity index (χ0v) is 37.4. The summed E-state index contributed by atoms with van der Waals surface area (Å²) in [5.41, 5.74) is 8.02. The summed E-state index contributed by atoms with van der Waals surface area (Å²) in [5, 5.41) is 4.30. The van der Waals surface area contributed by atoms with E-state index in [4.69, 9.17) is 23.4 Å². The normalized spacial score (nSPS) is 13.8. The maximum Gasteiger partial charge on any atom is 0.269 e. The molecule has 0 aliphatic heterocycles. The fourth-order valence-corrected chi connectivity index (χ4v) is 9.83. The lowest BCUT2D eigenvalue weighted by molar-refractivity contribution is -0.571. The van der Waals surface area contributed by atoms with E-state index in [2.05, 4.69) is 120 Å². The van der Waals surface area contributed by atoms with Gasteiger partial charge >= 0.3 is 0 Å². The van der Waals surface area contributed by atoms with E-state index in [-0.39, 0.29) is 33.9 Å². The van der Waals surface area contributed by atoms with Crippen LogP contribution in [-0.4, -0.2) is 18.7 Å². The molecule has 0 radical (unpaired) electrons. The van der Waals surface area contributed by atoms with Crippen molar-refractivity contribution in [3.05, 3.63) is 242 Å². The molecule has 0 fully saturated rings. The lowest BCUT2D eigenvalue weighted by Crippen LogP contribution is -2.31. The SMILES string of the molecule is [2H]c1c([2H])c([2H])c(-c2cccc(-c3c([2H])c([2H])c([2H])c([2H])c3[2H])c2-[n+]2[c-]n(-c3cccc(Oc4cc(-n5c6ccccc6c6ccccc65)c5c6ccccc6n(-c6cc(C(C)C)ccn6)c5c4)c3)c3ccccc32)c([2H])c1[2H]. The van der Waals surface area contributed by atoms with Gasteiger partial charge in [0.25, 0.3) is 6.33 Å². The van der Waals surface area contributed by atoms with Crippen molar-refractivity contribution in [2.24, 2.45) is 0 Å². The van der Waals surface area contributed by atoms with Crippen LogP contribution in [-0.2, 0) is 0 Å². The van der Waals surface area contributed by atoms with Gasteiger partial charge in [-0.25, -0.2) is 4.98 Å². The van der Waals surface area contributed by atoms with E-state index in [0.717, 1.165) is 60.7 Å². The third-order valence-electron chi connectivity index (χ3n) is 12.9. The minimum atomic E-state index is -0.571. The summed E-state index contributed by atoms with van der Waals surface area (Å²) in [6.07, 6.45) is 5.35. The van der Waals surface area contributed by atoms with Gasteiger partial charge in [-0.2, -0.15) is 0 Å². The van der Waals surface area contributed by atoms with Gasteiger partial charge in [-0.05, 0) is 82.3 Å². The number of fused-ring (bicyclic) bond motifs is 7. The largest absolute Gasteiger partial charge is 0.458 e. The van der Waals surface area contributed by atoms with Gasteiger partial charge in [-0.1, -0.05) is 177 Å². The Balaban J connectivity index is 1.03. The van der Waals surface area contributed by atoms with Crippen LogP contribution in [0.5, 0.6) is 11.5 Å². The van der Waals surface area contributed by atoms with Crippen molar-refractivity contribution in [2.75, 3.05) is 0 Å². The van der Waals surface area contributed by atoms with Gasteiger partial charge in [0, 0.05) is 39.9 Å². The van der Waals surface area contributed by atoms with E-state index in [9.17, 15) is 0 Å². The highest BCUT2D eigenvalue weighted by molar-refractivity contribution is 6.16. The smallest absolute Gasteiger partial charge is 0.269 e. The molecule has 328 valence electrons. The lowest BCUT2D eigenvalue weighted by Gasteiger charge is -2.17. The monoisotopic (exact) mass is 897 g/mol. The molecule has 0 atom stereocenters. The van der Waals surface area contributed by atoms with E-state index < -0.39 is 60.4 Å². The number of imidazole rings is 1. The van der Waals surface area contributed by atoms with Gasteiger partial charge in [-0.15, -0.1) is 0 Å². The molecule has 6 heteroatoms. The molecule has 13 aromatic rings. The average molecular weight is 898 g/mol. The highest BCUT2D eigenvalue weighted by Gasteiger charge is 2.23. The second-order valence-corrected chi connectivity index (χ2v) is 17.2. The molecule has 0 amide bonds. The summed E-state index contributed by atoms with van der Waals surface area (Å²) in [6.45, 7) is 4.34. The topological polar surface area (TPSA) is 40.8 Å². The van der Waals surface area contributed by atoms with E-state index in [1.54, 1.807) is 22.8 Å². The third-order valence-corrected chi connectivity index (χ3v) is 12.9. The predicted molar refractivity (Wildman–Crippen MR) is 282 cm³/mol. The molecule has 4 aromatic heterocycles. The summed E-state index contributed by atoms with van der Waals surface area (Å²) < 4.78 is 103. The summed E-state index contributed by atoms with van der Waals surface area (Å²) in [6, 6.07) is 48.1. The molecule has 0 spiro atoms. The summed E-state index contributed by atoms with van der Waals surface area (Å²) in [5.74, 6) is 2.08. The number of hydrogen-bond acceptors (Lipinski definition) is 2. The summed E-state index contributed by atoms with van der Waals surface area (Å²) in [7, 11) is 0. The van der Waals surface area contributed by atoms with Gasteiger partial charge < -0.3 is 9.30 Å². The Kier molecular flexibility index (Phi) is 7.38. The first-order chi connectivity index (χ1) is 38.2. The van der Waals surface area contributed by atoms with Gasteiger partial charge in [0.1, 0.15) is 17.3 Å². The Morgan fingerprint density at radius 3 is 1.80 bits per heavy atom. The number of aromatic nitrogens is 5. The minimum absolute atomic E-state index is 0.136. The molecule has 69 heavy (non-hydrogen) atoms. The van der Waals surface area contributed by atoms with Gasteiger partial charge in [0.2, 0.25) is 0 Å². The van der Waals surface area contributed by atoms with Crippen LogP contribution in [0.4, 0.5) is 0 Å². The second kappa shape index (κ2) is 16.4. The molecule has 0 aliphatic rings. The van der Waals surface area contributed by atoms with Crippen LogP contribution in [0.15, 0.2) is 230 Å². The molecule has 13 rings (SSSR count). The molecule has 0 N–H and O–H groups in total. The molecule has 0 unspecified atom stereocenters. The Hall–Kier alpha value is -9.00. The van der Waals surface area contributed by atoms with Crippen molar-refractivity contribution in [1.82, 2.24) is 18.7 Å². The van der Waals surface area contributed by atoms with E-state index in [1.807, 2.05) is 65.4 Å². The maximum atomic E-state index is 9.11. The second-order valence-electron chi connectivity index (χ2n) is 17.2. The number of para-hydroxylation sites is 6. The van der Waals surface area contributed by atoms with E-state index >= 15 is 0 Å². The lowest BCUT2D eigenvalue weighted by atomic mass is 9.95. The van der Waals surface area contributed by atoms with E-state index in [1.165, 1.54) is 0 Å².